The zero-order valence-corrected chi connectivity index (χ0v) is 20.7. The monoisotopic (exact) mass is 510 g/mol. The topological polar surface area (TPSA) is 92.3 Å². The summed E-state index contributed by atoms with van der Waals surface area (Å²) in [6, 6.07) is 25.1. The Morgan fingerprint density at radius 1 is 0.941 bits per heavy atom. The Kier molecular flexibility index (Phi) is 7.61. The van der Waals surface area contributed by atoms with Crippen LogP contribution >= 0.6 is 23.1 Å². The van der Waals surface area contributed by atoms with E-state index in [2.05, 4.69) is 15.5 Å². The quantitative estimate of drug-likeness (QED) is 0.252. The van der Waals surface area contributed by atoms with Crippen molar-refractivity contribution in [2.24, 2.45) is 0 Å². The minimum Gasteiger partial charge on any atom is -0.299 e. The first kappa shape index (κ1) is 23.9. The first-order valence-corrected chi connectivity index (χ1v) is 13.6. The zero-order chi connectivity index (χ0) is 24.0. The average molecular weight is 511 g/mol. The molecule has 1 heterocycles. The second kappa shape index (κ2) is 10.8. The van der Waals surface area contributed by atoms with Gasteiger partial charge in [-0.2, -0.15) is 0 Å². The minimum absolute atomic E-state index is 0.116. The Morgan fingerprint density at radius 3 is 2.26 bits per heavy atom. The maximum Gasteiger partial charge on any atom is 0.264 e. The van der Waals surface area contributed by atoms with Crippen molar-refractivity contribution in [2.45, 2.75) is 21.9 Å². The zero-order valence-electron chi connectivity index (χ0n) is 18.3. The van der Waals surface area contributed by atoms with E-state index in [1.54, 1.807) is 54.6 Å². The highest BCUT2D eigenvalue weighted by molar-refractivity contribution is 8.00. The molecule has 0 unspecified atom stereocenters. The van der Waals surface area contributed by atoms with Crippen LogP contribution in [-0.2, 0) is 20.6 Å². The number of carbonyl (C=O) groups excluding carboxylic acids is 1. The Labute approximate surface area is 206 Å². The molecule has 0 aliphatic carbocycles. The molecule has 0 fully saturated rings. The van der Waals surface area contributed by atoms with E-state index < -0.39 is 22.5 Å². The predicted molar refractivity (Wildman–Crippen MR) is 137 cm³/mol. The summed E-state index contributed by atoms with van der Waals surface area (Å²) >= 11 is 2.77. The number of rotatable bonds is 9. The molecular weight excluding hydrogens is 488 g/mol. The van der Waals surface area contributed by atoms with Crippen LogP contribution in [0, 0.1) is 6.92 Å². The number of thioether (sulfide) groups is 1. The van der Waals surface area contributed by atoms with E-state index in [1.807, 2.05) is 37.3 Å². The second-order valence-corrected chi connectivity index (χ2v) is 11.4. The summed E-state index contributed by atoms with van der Waals surface area (Å²) < 4.78 is 28.6. The number of aryl methyl sites for hydroxylation is 1. The van der Waals surface area contributed by atoms with E-state index in [1.165, 1.54) is 23.1 Å². The number of aromatic nitrogens is 2. The smallest absolute Gasteiger partial charge is 0.264 e. The van der Waals surface area contributed by atoms with Crippen molar-refractivity contribution in [1.82, 2.24) is 10.2 Å². The van der Waals surface area contributed by atoms with Gasteiger partial charge in [-0.25, -0.2) is 8.42 Å². The van der Waals surface area contributed by atoms with Crippen LogP contribution in [0.25, 0.3) is 0 Å². The Bertz CT molecular complexity index is 1340. The molecule has 0 aliphatic rings. The third kappa shape index (κ3) is 6.02. The van der Waals surface area contributed by atoms with Crippen LogP contribution in [0.2, 0.25) is 0 Å². The fourth-order valence-electron chi connectivity index (χ4n) is 3.07. The van der Waals surface area contributed by atoms with E-state index in [4.69, 9.17) is 0 Å². The molecule has 174 valence electrons. The summed E-state index contributed by atoms with van der Waals surface area (Å²) in [5, 5.41) is 11.1. The van der Waals surface area contributed by atoms with Crippen LogP contribution < -0.4 is 9.62 Å². The van der Waals surface area contributed by atoms with Crippen LogP contribution in [0.4, 0.5) is 10.8 Å². The number of amides is 1. The summed E-state index contributed by atoms with van der Waals surface area (Å²) in [6.07, 6.45) is 0. The van der Waals surface area contributed by atoms with Gasteiger partial charge in [-0.3, -0.25) is 14.4 Å². The number of sulfonamides is 1. The number of para-hydroxylation sites is 1. The largest absolute Gasteiger partial charge is 0.299 e. The van der Waals surface area contributed by atoms with Gasteiger partial charge in [0.2, 0.25) is 11.0 Å². The third-order valence-electron chi connectivity index (χ3n) is 4.80. The highest BCUT2D eigenvalue weighted by atomic mass is 32.2. The van der Waals surface area contributed by atoms with Crippen LogP contribution in [0.15, 0.2) is 94.2 Å². The molecule has 4 aromatic rings. The highest BCUT2D eigenvalue weighted by Gasteiger charge is 2.27. The van der Waals surface area contributed by atoms with Gasteiger partial charge in [0.15, 0.2) is 4.34 Å². The van der Waals surface area contributed by atoms with E-state index in [0.29, 0.717) is 15.2 Å². The van der Waals surface area contributed by atoms with Crippen molar-refractivity contribution in [1.29, 1.82) is 0 Å². The lowest BCUT2D eigenvalue weighted by Crippen LogP contribution is -2.38. The molecule has 0 spiro atoms. The molecule has 3 aromatic carbocycles. The number of nitrogens with one attached hydrogen (secondary N) is 1. The van der Waals surface area contributed by atoms with Crippen molar-refractivity contribution < 1.29 is 13.2 Å². The predicted octanol–water partition coefficient (Wildman–Crippen LogP) is 4.97. The number of anilines is 2. The van der Waals surface area contributed by atoms with E-state index in [9.17, 15) is 13.2 Å². The molecule has 0 saturated carbocycles. The summed E-state index contributed by atoms with van der Waals surface area (Å²) in [7, 11) is -3.96. The molecule has 0 radical (unpaired) electrons. The van der Waals surface area contributed by atoms with Gasteiger partial charge in [0.1, 0.15) is 6.54 Å². The van der Waals surface area contributed by atoms with Crippen LogP contribution in [0.1, 0.15) is 11.1 Å². The van der Waals surface area contributed by atoms with Crippen LogP contribution in [0.5, 0.6) is 0 Å². The maximum absolute atomic E-state index is 13.4. The number of hydrogen-bond donors (Lipinski definition) is 1. The molecule has 1 amide bonds. The van der Waals surface area contributed by atoms with Crippen molar-refractivity contribution in [3.8, 4) is 0 Å². The maximum atomic E-state index is 13.4. The van der Waals surface area contributed by atoms with Crippen molar-refractivity contribution in [3.63, 3.8) is 0 Å². The minimum atomic E-state index is -3.96. The number of hydrogen-bond acceptors (Lipinski definition) is 7. The summed E-state index contributed by atoms with van der Waals surface area (Å²) in [4.78, 5) is 12.9. The van der Waals surface area contributed by atoms with Gasteiger partial charge < -0.3 is 0 Å². The molecule has 34 heavy (non-hydrogen) atoms. The SMILES string of the molecule is Cc1ccc(S(=O)(=O)N(CC(=O)Nc2nnc(SCc3ccccc3)s2)c2ccccc2)cc1. The van der Waals surface area contributed by atoms with Gasteiger partial charge in [-0.05, 0) is 36.8 Å². The van der Waals surface area contributed by atoms with Crippen LogP contribution in [0.3, 0.4) is 0 Å². The standard InChI is InChI=1S/C24H22N4O3S3/c1-18-12-14-21(15-13-18)34(30,31)28(20-10-6-3-7-11-20)16-22(29)25-23-26-27-24(33-23)32-17-19-8-4-2-5-9-19/h2-15H,16-17H2,1H3,(H,25,26,29). The van der Waals surface area contributed by atoms with Gasteiger partial charge in [-0.15, -0.1) is 10.2 Å². The molecule has 0 bridgehead atoms. The van der Waals surface area contributed by atoms with Crippen molar-refractivity contribution in [3.05, 3.63) is 96.1 Å². The fourth-order valence-corrected chi connectivity index (χ4v) is 6.22. The molecular formula is C24H22N4O3S3. The lowest BCUT2D eigenvalue weighted by molar-refractivity contribution is -0.114. The molecule has 10 heteroatoms. The molecule has 0 aliphatic heterocycles. The van der Waals surface area contributed by atoms with Gasteiger partial charge in [0.05, 0.1) is 10.6 Å². The first-order chi connectivity index (χ1) is 16.4. The third-order valence-corrected chi connectivity index (χ3v) is 8.63. The number of nitrogens with zero attached hydrogens (tertiary/aromatic N) is 3. The van der Waals surface area contributed by atoms with Crippen molar-refractivity contribution in [2.75, 3.05) is 16.2 Å². The highest BCUT2D eigenvalue weighted by Crippen LogP contribution is 2.29. The van der Waals surface area contributed by atoms with E-state index in [0.717, 1.165) is 21.2 Å². The first-order valence-electron chi connectivity index (χ1n) is 10.4. The van der Waals surface area contributed by atoms with Crippen molar-refractivity contribution >= 4 is 49.8 Å². The summed E-state index contributed by atoms with van der Waals surface area (Å²) in [6.45, 7) is 1.49. The van der Waals surface area contributed by atoms with E-state index in [-0.39, 0.29) is 4.90 Å². The lowest BCUT2D eigenvalue weighted by atomic mass is 10.2. The van der Waals surface area contributed by atoms with Gasteiger partial charge in [0.25, 0.3) is 10.0 Å². The Balaban J connectivity index is 1.47. The Morgan fingerprint density at radius 2 is 1.59 bits per heavy atom. The fraction of sp³-hybridized carbons (Fsp3) is 0.125. The Hall–Kier alpha value is -3.21. The molecule has 0 saturated heterocycles. The molecule has 1 N–H and O–H groups in total. The molecule has 7 nitrogen and oxygen atoms in total. The molecule has 4 rings (SSSR count). The van der Waals surface area contributed by atoms with Gasteiger partial charge >= 0.3 is 0 Å². The summed E-state index contributed by atoms with van der Waals surface area (Å²) in [5.41, 5.74) is 2.50. The molecule has 1 aromatic heterocycles. The summed E-state index contributed by atoms with van der Waals surface area (Å²) in [5.74, 6) is 0.232. The van der Waals surface area contributed by atoms with Gasteiger partial charge in [-0.1, -0.05) is 89.3 Å². The average Bonchev–Trinajstić information content (AvgIpc) is 3.30. The lowest BCUT2D eigenvalue weighted by Gasteiger charge is -2.23. The van der Waals surface area contributed by atoms with Crippen LogP contribution in [-0.4, -0.2) is 31.1 Å². The normalized spacial score (nSPS) is 11.2. The number of benzene rings is 3. The van der Waals surface area contributed by atoms with Gasteiger partial charge in [0, 0.05) is 5.75 Å². The molecule has 0 atom stereocenters. The van der Waals surface area contributed by atoms with E-state index >= 15 is 0 Å². The second-order valence-electron chi connectivity index (χ2n) is 7.36. The number of carbonyl (C=O) groups is 1.